The first-order valence-electron chi connectivity index (χ1n) is 7.01. The summed E-state index contributed by atoms with van der Waals surface area (Å²) < 4.78 is 5.12. The highest BCUT2D eigenvalue weighted by molar-refractivity contribution is 5.96. The number of aliphatic hydroxyl groups excluding tert-OH is 1. The van der Waals surface area contributed by atoms with Crippen LogP contribution in [-0.4, -0.2) is 43.3 Å². The van der Waals surface area contributed by atoms with E-state index >= 15 is 0 Å². The van der Waals surface area contributed by atoms with Crippen molar-refractivity contribution in [1.82, 2.24) is 0 Å². The monoisotopic (exact) mass is 292 g/mol. The van der Waals surface area contributed by atoms with Gasteiger partial charge in [0.05, 0.1) is 6.61 Å². The third-order valence-corrected chi connectivity index (χ3v) is 3.32. The summed E-state index contributed by atoms with van der Waals surface area (Å²) in [6, 6.07) is 5.46. The smallest absolute Gasteiger partial charge is 0.253 e. The zero-order chi connectivity index (χ0) is 15.2. The number of hydrogen-bond donors (Lipinski definition) is 2. The lowest BCUT2D eigenvalue weighted by atomic mass is 10.1. The average molecular weight is 292 g/mol. The van der Waals surface area contributed by atoms with E-state index in [1.54, 1.807) is 11.0 Å². The zero-order valence-electron chi connectivity index (χ0n) is 12.1. The fraction of sp³-hybridized carbons (Fsp3) is 0.467. The number of amides is 2. The highest BCUT2D eigenvalue weighted by atomic mass is 16.5. The minimum atomic E-state index is -0.126. The Balaban J connectivity index is 2.06. The van der Waals surface area contributed by atoms with Gasteiger partial charge in [0.1, 0.15) is 6.61 Å². The van der Waals surface area contributed by atoms with Gasteiger partial charge in [-0.05, 0) is 37.1 Å². The van der Waals surface area contributed by atoms with Crippen molar-refractivity contribution in [2.24, 2.45) is 0 Å². The van der Waals surface area contributed by atoms with Crippen molar-refractivity contribution in [2.45, 2.75) is 19.8 Å². The molecule has 0 aromatic heterocycles. The minimum absolute atomic E-state index is 0.00449. The Labute approximate surface area is 123 Å². The molecule has 0 saturated carbocycles. The second-order valence-electron chi connectivity index (χ2n) is 4.97. The predicted octanol–water partition coefficient (Wildman–Crippen LogP) is 1.07. The number of aryl methyl sites for hydroxylation is 1. The van der Waals surface area contributed by atoms with E-state index in [9.17, 15) is 9.59 Å². The van der Waals surface area contributed by atoms with E-state index in [0.29, 0.717) is 31.7 Å². The van der Waals surface area contributed by atoms with Gasteiger partial charge in [0.15, 0.2) is 0 Å². The largest absolute Gasteiger partial charge is 0.396 e. The maximum atomic E-state index is 11.8. The maximum absolute atomic E-state index is 11.8. The van der Waals surface area contributed by atoms with E-state index in [2.05, 4.69) is 5.32 Å². The van der Waals surface area contributed by atoms with Crippen molar-refractivity contribution in [3.05, 3.63) is 23.8 Å². The van der Waals surface area contributed by atoms with Crippen LogP contribution in [0.1, 0.15) is 18.4 Å². The van der Waals surface area contributed by atoms with Gasteiger partial charge in [-0.3, -0.25) is 9.59 Å². The number of carbonyl (C=O) groups excluding carboxylic acids is 2. The number of anilines is 2. The number of ether oxygens (including phenoxy) is 1. The SMILES string of the molecule is Cc1cc(NC(=O)CCCO)ccc1N1CCOCC1=O. The third kappa shape index (κ3) is 4.03. The van der Waals surface area contributed by atoms with E-state index < -0.39 is 0 Å². The summed E-state index contributed by atoms with van der Waals surface area (Å²) in [4.78, 5) is 25.2. The standard InChI is InChI=1S/C15H20N2O4/c1-11-9-12(16-14(19)3-2-7-18)4-5-13(11)17-6-8-21-10-15(17)20/h4-5,9,18H,2-3,6-8,10H2,1H3,(H,16,19). The summed E-state index contributed by atoms with van der Waals surface area (Å²) in [5.74, 6) is -0.178. The van der Waals surface area contributed by atoms with Crippen LogP contribution in [-0.2, 0) is 14.3 Å². The number of benzene rings is 1. The van der Waals surface area contributed by atoms with Gasteiger partial charge in [-0.15, -0.1) is 0 Å². The fourth-order valence-electron chi connectivity index (χ4n) is 2.27. The van der Waals surface area contributed by atoms with Crippen LogP contribution in [0, 0.1) is 6.92 Å². The average Bonchev–Trinajstić information content (AvgIpc) is 2.46. The first-order chi connectivity index (χ1) is 10.1. The summed E-state index contributed by atoms with van der Waals surface area (Å²) in [6.45, 7) is 3.10. The van der Waals surface area contributed by atoms with Crippen LogP contribution in [0.25, 0.3) is 0 Å². The van der Waals surface area contributed by atoms with Crippen LogP contribution in [0.2, 0.25) is 0 Å². The van der Waals surface area contributed by atoms with Crippen molar-refractivity contribution in [2.75, 3.05) is 36.6 Å². The molecule has 6 heteroatoms. The minimum Gasteiger partial charge on any atom is -0.396 e. The second kappa shape index (κ2) is 7.19. The normalized spacial score (nSPS) is 15.1. The molecule has 114 valence electrons. The number of carbonyl (C=O) groups is 2. The lowest BCUT2D eigenvalue weighted by molar-refractivity contribution is -0.125. The van der Waals surface area contributed by atoms with E-state index in [-0.39, 0.29) is 25.0 Å². The van der Waals surface area contributed by atoms with Crippen LogP contribution in [0.4, 0.5) is 11.4 Å². The van der Waals surface area contributed by atoms with Crippen molar-refractivity contribution in [3.8, 4) is 0 Å². The molecular formula is C15H20N2O4. The Bertz CT molecular complexity index is 530. The molecule has 0 unspecified atom stereocenters. The first-order valence-corrected chi connectivity index (χ1v) is 7.01. The van der Waals surface area contributed by atoms with Gasteiger partial charge >= 0.3 is 0 Å². The first kappa shape index (κ1) is 15.5. The molecule has 1 aromatic rings. The molecule has 0 aliphatic carbocycles. The highest BCUT2D eigenvalue weighted by Gasteiger charge is 2.21. The molecule has 0 spiro atoms. The molecule has 1 heterocycles. The third-order valence-electron chi connectivity index (χ3n) is 3.32. The number of rotatable bonds is 5. The highest BCUT2D eigenvalue weighted by Crippen LogP contribution is 2.25. The Morgan fingerprint density at radius 1 is 1.48 bits per heavy atom. The summed E-state index contributed by atoms with van der Waals surface area (Å²) >= 11 is 0. The summed E-state index contributed by atoms with van der Waals surface area (Å²) in [7, 11) is 0. The van der Waals surface area contributed by atoms with Crippen molar-refractivity contribution >= 4 is 23.2 Å². The molecule has 2 N–H and O–H groups in total. The van der Waals surface area contributed by atoms with E-state index in [1.807, 2.05) is 19.1 Å². The quantitative estimate of drug-likeness (QED) is 0.851. The summed E-state index contributed by atoms with van der Waals surface area (Å²) in [5.41, 5.74) is 2.46. The summed E-state index contributed by atoms with van der Waals surface area (Å²) in [6.07, 6.45) is 0.741. The molecule has 0 atom stereocenters. The molecule has 2 amide bonds. The lowest BCUT2D eigenvalue weighted by Gasteiger charge is -2.28. The topological polar surface area (TPSA) is 78.9 Å². The molecule has 1 aromatic carbocycles. The number of nitrogens with one attached hydrogen (secondary N) is 1. The van der Waals surface area contributed by atoms with Crippen molar-refractivity contribution < 1.29 is 19.4 Å². The molecule has 1 fully saturated rings. The van der Waals surface area contributed by atoms with Gasteiger partial charge in [-0.2, -0.15) is 0 Å². The Morgan fingerprint density at radius 3 is 2.95 bits per heavy atom. The van der Waals surface area contributed by atoms with Crippen molar-refractivity contribution in [3.63, 3.8) is 0 Å². The predicted molar refractivity (Wildman–Crippen MR) is 79.3 cm³/mol. The van der Waals surface area contributed by atoms with Crippen LogP contribution in [0.15, 0.2) is 18.2 Å². The molecule has 2 rings (SSSR count). The molecule has 6 nitrogen and oxygen atoms in total. The van der Waals surface area contributed by atoms with Gasteiger partial charge in [-0.25, -0.2) is 0 Å². The van der Waals surface area contributed by atoms with Gasteiger partial charge in [0.25, 0.3) is 5.91 Å². The number of morpholine rings is 1. The number of nitrogens with zero attached hydrogens (tertiary/aromatic N) is 1. The zero-order valence-corrected chi connectivity index (χ0v) is 12.1. The van der Waals surface area contributed by atoms with Crippen LogP contribution in [0.3, 0.4) is 0 Å². The molecule has 0 radical (unpaired) electrons. The van der Waals surface area contributed by atoms with Crippen LogP contribution in [0.5, 0.6) is 0 Å². The van der Waals surface area contributed by atoms with E-state index in [4.69, 9.17) is 9.84 Å². The van der Waals surface area contributed by atoms with Crippen LogP contribution < -0.4 is 10.2 Å². The molecule has 1 aliphatic rings. The molecule has 0 bridgehead atoms. The maximum Gasteiger partial charge on any atom is 0.253 e. The molecular weight excluding hydrogens is 272 g/mol. The Morgan fingerprint density at radius 2 is 2.29 bits per heavy atom. The number of hydrogen-bond acceptors (Lipinski definition) is 4. The molecule has 1 aliphatic heterocycles. The molecule has 1 saturated heterocycles. The molecule has 21 heavy (non-hydrogen) atoms. The second-order valence-corrected chi connectivity index (χ2v) is 4.97. The van der Waals surface area contributed by atoms with Gasteiger partial charge in [0.2, 0.25) is 5.91 Å². The van der Waals surface area contributed by atoms with E-state index in [1.165, 1.54) is 0 Å². The van der Waals surface area contributed by atoms with Gasteiger partial charge < -0.3 is 20.1 Å². The Hall–Kier alpha value is -1.92. The Kier molecular flexibility index (Phi) is 5.30. The number of aliphatic hydroxyl groups is 1. The fourth-order valence-corrected chi connectivity index (χ4v) is 2.27. The van der Waals surface area contributed by atoms with Crippen molar-refractivity contribution in [1.29, 1.82) is 0 Å². The van der Waals surface area contributed by atoms with Gasteiger partial charge in [-0.1, -0.05) is 0 Å². The van der Waals surface area contributed by atoms with Gasteiger partial charge in [0, 0.05) is 30.9 Å². The van der Waals surface area contributed by atoms with Crippen LogP contribution >= 0.6 is 0 Å². The van der Waals surface area contributed by atoms with E-state index in [0.717, 1.165) is 11.3 Å². The lowest BCUT2D eigenvalue weighted by Crippen LogP contribution is -2.42. The summed E-state index contributed by atoms with van der Waals surface area (Å²) in [5, 5.41) is 11.5.